The Hall–Kier alpha value is -2.88. The smallest absolute Gasteiger partial charge is 0.252 e. The molecular weight excluding hydrogens is 310 g/mol. The quantitative estimate of drug-likeness (QED) is 0.751. The van der Waals surface area contributed by atoms with Gasteiger partial charge in [0.2, 0.25) is 0 Å². The van der Waals surface area contributed by atoms with E-state index in [9.17, 15) is 4.79 Å². The number of rotatable bonds is 4. The summed E-state index contributed by atoms with van der Waals surface area (Å²) in [4.78, 5) is 20.5. The molecule has 4 nitrogen and oxygen atoms in total. The van der Waals surface area contributed by atoms with Crippen LogP contribution in [0.3, 0.4) is 0 Å². The van der Waals surface area contributed by atoms with Crippen molar-refractivity contribution in [1.29, 1.82) is 0 Å². The Morgan fingerprint density at radius 1 is 1.12 bits per heavy atom. The van der Waals surface area contributed by atoms with Gasteiger partial charge in [0.1, 0.15) is 5.82 Å². The molecule has 0 bridgehead atoms. The lowest BCUT2D eigenvalue weighted by atomic mass is 9.93. The lowest BCUT2D eigenvalue weighted by Crippen LogP contribution is -2.26. The first-order valence-electron chi connectivity index (χ1n) is 8.65. The molecule has 0 unspecified atom stereocenters. The third-order valence-corrected chi connectivity index (χ3v) is 4.56. The number of hydrogen-bond acceptors (Lipinski definition) is 2. The van der Waals surface area contributed by atoms with Gasteiger partial charge in [0.15, 0.2) is 0 Å². The second-order valence-corrected chi connectivity index (χ2v) is 6.74. The molecule has 1 aromatic heterocycles. The SMILES string of the molecule is Cc1cnc(-c2cc(C)c(-c3ccccc3)cc2C(=O)NC2CC2)[nH]1. The summed E-state index contributed by atoms with van der Waals surface area (Å²) in [6.45, 7) is 4.04. The Morgan fingerprint density at radius 2 is 1.88 bits per heavy atom. The average molecular weight is 331 g/mol. The van der Waals surface area contributed by atoms with Crippen LogP contribution in [0.5, 0.6) is 0 Å². The molecule has 3 aromatic rings. The van der Waals surface area contributed by atoms with E-state index in [0.29, 0.717) is 11.6 Å². The van der Waals surface area contributed by atoms with Gasteiger partial charge in [-0.25, -0.2) is 4.98 Å². The maximum absolute atomic E-state index is 12.8. The fourth-order valence-electron chi connectivity index (χ4n) is 3.06. The van der Waals surface area contributed by atoms with Crippen molar-refractivity contribution in [1.82, 2.24) is 15.3 Å². The van der Waals surface area contributed by atoms with Crippen molar-refractivity contribution < 1.29 is 4.79 Å². The lowest BCUT2D eigenvalue weighted by molar-refractivity contribution is 0.0951. The number of carbonyl (C=O) groups excluding carboxylic acids is 1. The van der Waals surface area contributed by atoms with Crippen LogP contribution >= 0.6 is 0 Å². The summed E-state index contributed by atoms with van der Waals surface area (Å²) in [5, 5.41) is 3.10. The van der Waals surface area contributed by atoms with Gasteiger partial charge in [-0.1, -0.05) is 30.3 Å². The van der Waals surface area contributed by atoms with Crippen LogP contribution in [0.15, 0.2) is 48.7 Å². The van der Waals surface area contributed by atoms with E-state index in [1.807, 2.05) is 31.2 Å². The van der Waals surface area contributed by atoms with E-state index in [0.717, 1.165) is 46.6 Å². The fraction of sp³-hybridized carbons (Fsp3) is 0.238. The van der Waals surface area contributed by atoms with Crippen molar-refractivity contribution in [3.63, 3.8) is 0 Å². The van der Waals surface area contributed by atoms with E-state index in [2.05, 4.69) is 40.4 Å². The number of benzene rings is 2. The summed E-state index contributed by atoms with van der Waals surface area (Å²) in [6, 6.07) is 14.5. The molecule has 1 heterocycles. The van der Waals surface area contributed by atoms with Crippen molar-refractivity contribution >= 4 is 5.91 Å². The second-order valence-electron chi connectivity index (χ2n) is 6.74. The number of hydrogen-bond donors (Lipinski definition) is 2. The van der Waals surface area contributed by atoms with E-state index < -0.39 is 0 Å². The van der Waals surface area contributed by atoms with Gasteiger partial charge in [0.25, 0.3) is 5.91 Å². The van der Waals surface area contributed by atoms with E-state index in [-0.39, 0.29) is 5.91 Å². The number of aromatic nitrogens is 2. The van der Waals surface area contributed by atoms with Gasteiger partial charge in [-0.2, -0.15) is 0 Å². The zero-order chi connectivity index (χ0) is 17.4. The maximum Gasteiger partial charge on any atom is 0.252 e. The highest BCUT2D eigenvalue weighted by molar-refractivity contribution is 6.02. The fourth-order valence-corrected chi connectivity index (χ4v) is 3.06. The largest absolute Gasteiger partial charge is 0.349 e. The zero-order valence-electron chi connectivity index (χ0n) is 14.5. The van der Waals surface area contributed by atoms with Crippen LogP contribution in [0.2, 0.25) is 0 Å². The predicted octanol–water partition coefficient (Wildman–Crippen LogP) is 4.25. The molecule has 1 saturated carbocycles. The summed E-state index contributed by atoms with van der Waals surface area (Å²) in [5.74, 6) is 0.713. The van der Waals surface area contributed by atoms with E-state index in [1.54, 1.807) is 6.20 Å². The molecule has 1 aliphatic rings. The molecule has 4 rings (SSSR count). The molecule has 0 radical (unpaired) electrons. The van der Waals surface area contributed by atoms with E-state index >= 15 is 0 Å². The topological polar surface area (TPSA) is 57.8 Å². The van der Waals surface area contributed by atoms with Crippen molar-refractivity contribution in [2.45, 2.75) is 32.7 Å². The third-order valence-electron chi connectivity index (χ3n) is 4.56. The molecular formula is C21H21N3O. The molecule has 0 aliphatic heterocycles. The van der Waals surface area contributed by atoms with Gasteiger partial charge in [-0.05, 0) is 55.5 Å². The summed E-state index contributed by atoms with van der Waals surface area (Å²) in [7, 11) is 0. The van der Waals surface area contributed by atoms with Gasteiger partial charge in [-0.3, -0.25) is 4.79 Å². The summed E-state index contributed by atoms with van der Waals surface area (Å²) in [6.07, 6.45) is 3.93. The lowest BCUT2D eigenvalue weighted by Gasteiger charge is -2.14. The number of imidazole rings is 1. The zero-order valence-corrected chi connectivity index (χ0v) is 14.5. The van der Waals surface area contributed by atoms with Crippen LogP contribution in [0.1, 0.15) is 34.5 Å². The van der Waals surface area contributed by atoms with Gasteiger partial charge in [-0.15, -0.1) is 0 Å². The van der Waals surface area contributed by atoms with Crippen LogP contribution in [-0.4, -0.2) is 21.9 Å². The molecule has 0 spiro atoms. The Morgan fingerprint density at radius 3 is 2.52 bits per heavy atom. The maximum atomic E-state index is 12.8. The van der Waals surface area contributed by atoms with E-state index in [4.69, 9.17) is 0 Å². The van der Waals surface area contributed by atoms with Crippen molar-refractivity contribution in [3.8, 4) is 22.5 Å². The van der Waals surface area contributed by atoms with Crippen molar-refractivity contribution in [2.24, 2.45) is 0 Å². The average Bonchev–Trinajstić information content (AvgIpc) is 3.32. The predicted molar refractivity (Wildman–Crippen MR) is 99.4 cm³/mol. The minimum absolute atomic E-state index is 0.0243. The Balaban J connectivity index is 1.85. The molecule has 4 heteroatoms. The molecule has 2 N–H and O–H groups in total. The van der Waals surface area contributed by atoms with Gasteiger partial charge < -0.3 is 10.3 Å². The number of aryl methyl sites for hydroxylation is 2. The van der Waals surface area contributed by atoms with Crippen LogP contribution in [0, 0.1) is 13.8 Å². The first kappa shape index (κ1) is 15.6. The summed E-state index contributed by atoms with van der Waals surface area (Å²) >= 11 is 0. The minimum atomic E-state index is -0.0243. The van der Waals surface area contributed by atoms with Gasteiger partial charge in [0.05, 0.1) is 5.56 Å². The number of nitrogens with one attached hydrogen (secondary N) is 2. The molecule has 0 atom stereocenters. The molecule has 1 fully saturated rings. The number of carbonyl (C=O) groups is 1. The molecule has 1 aliphatic carbocycles. The van der Waals surface area contributed by atoms with Crippen LogP contribution in [-0.2, 0) is 0 Å². The minimum Gasteiger partial charge on any atom is -0.349 e. The van der Waals surface area contributed by atoms with Crippen LogP contribution in [0.4, 0.5) is 0 Å². The molecule has 25 heavy (non-hydrogen) atoms. The van der Waals surface area contributed by atoms with Crippen LogP contribution in [0.25, 0.3) is 22.5 Å². The van der Waals surface area contributed by atoms with E-state index in [1.165, 1.54) is 0 Å². The van der Waals surface area contributed by atoms with Crippen LogP contribution < -0.4 is 5.32 Å². The van der Waals surface area contributed by atoms with Crippen molar-refractivity contribution in [2.75, 3.05) is 0 Å². The molecule has 2 aromatic carbocycles. The van der Waals surface area contributed by atoms with Crippen molar-refractivity contribution in [3.05, 3.63) is 65.5 Å². The molecule has 1 amide bonds. The summed E-state index contributed by atoms with van der Waals surface area (Å²) < 4.78 is 0. The standard InChI is InChI=1S/C21H21N3O/c1-13-10-18(20-22-12-14(2)23-20)19(21(25)24-16-8-9-16)11-17(13)15-6-4-3-5-7-15/h3-7,10-12,16H,8-9H2,1-2H3,(H,22,23)(H,24,25). The number of amides is 1. The Bertz CT molecular complexity index is 924. The Kier molecular flexibility index (Phi) is 3.88. The number of nitrogens with zero attached hydrogens (tertiary/aromatic N) is 1. The summed E-state index contributed by atoms with van der Waals surface area (Å²) in [5.41, 5.74) is 5.82. The Labute approximate surface area is 147 Å². The third kappa shape index (κ3) is 3.20. The normalized spacial score (nSPS) is 13.7. The first-order valence-corrected chi connectivity index (χ1v) is 8.65. The molecule has 126 valence electrons. The highest BCUT2D eigenvalue weighted by Crippen LogP contribution is 2.31. The number of aromatic amines is 1. The highest BCUT2D eigenvalue weighted by atomic mass is 16.1. The van der Waals surface area contributed by atoms with Gasteiger partial charge >= 0.3 is 0 Å². The molecule has 0 saturated heterocycles. The number of H-pyrrole nitrogens is 1. The monoisotopic (exact) mass is 331 g/mol. The first-order chi connectivity index (χ1) is 12.1. The highest BCUT2D eigenvalue weighted by Gasteiger charge is 2.26. The van der Waals surface area contributed by atoms with Gasteiger partial charge in [0, 0.05) is 23.5 Å². The second kappa shape index (κ2) is 6.20.